The number of rotatable bonds is 8. The van der Waals surface area contributed by atoms with E-state index in [1.807, 2.05) is 24.3 Å². The molecule has 2 aliphatic carbocycles. The minimum absolute atomic E-state index is 0.00609. The zero-order valence-corrected chi connectivity index (χ0v) is 24.4. The number of carbonyl (C=O) groups excluding carboxylic acids is 2. The van der Waals surface area contributed by atoms with E-state index < -0.39 is 41.3 Å². The lowest BCUT2D eigenvalue weighted by Gasteiger charge is -2.31. The van der Waals surface area contributed by atoms with Crippen LogP contribution in [0.5, 0.6) is 5.88 Å². The van der Waals surface area contributed by atoms with Crippen LogP contribution >= 0.6 is 0 Å². The number of ether oxygens (including phenoxy) is 2. The molecule has 3 fully saturated rings. The Hall–Kier alpha value is -4.46. The van der Waals surface area contributed by atoms with Crippen molar-refractivity contribution in [2.24, 2.45) is 17.8 Å². The largest absolute Gasteiger partial charge is 0.480 e. The van der Waals surface area contributed by atoms with Gasteiger partial charge in [0.25, 0.3) is 5.91 Å². The molecule has 3 aromatic rings. The zero-order valence-electron chi connectivity index (χ0n) is 24.4. The van der Waals surface area contributed by atoms with Crippen molar-refractivity contribution in [1.29, 1.82) is 0 Å². The predicted molar refractivity (Wildman–Crippen MR) is 157 cm³/mol. The first kappa shape index (κ1) is 30.6. The quantitative estimate of drug-likeness (QED) is 0.298. The minimum Gasteiger partial charge on any atom is -0.480 e. The van der Waals surface area contributed by atoms with Crippen LogP contribution in [0.3, 0.4) is 0 Å². The lowest BCUT2D eigenvalue weighted by atomic mass is 9.83. The van der Waals surface area contributed by atoms with Crippen LogP contribution in [0.2, 0.25) is 0 Å². The normalized spacial score (nSPS) is 22.6. The van der Waals surface area contributed by atoms with Gasteiger partial charge in [0.05, 0.1) is 31.8 Å². The van der Waals surface area contributed by atoms with Crippen molar-refractivity contribution in [3.63, 3.8) is 0 Å². The number of fused-ring (bicyclic) bond motifs is 2. The number of alkyl halides is 3. The molecule has 10 nitrogen and oxygen atoms in total. The van der Waals surface area contributed by atoms with Crippen molar-refractivity contribution in [3.8, 4) is 5.88 Å². The maximum absolute atomic E-state index is 13.8. The van der Waals surface area contributed by atoms with Gasteiger partial charge in [0.15, 0.2) is 5.82 Å². The third-order valence-corrected chi connectivity index (χ3v) is 8.80. The minimum atomic E-state index is -4.92. The molecular weight excluding hydrogens is 596 g/mol. The van der Waals surface area contributed by atoms with Gasteiger partial charge >= 0.3 is 6.18 Å². The first-order valence-corrected chi connectivity index (χ1v) is 14.7. The summed E-state index contributed by atoms with van der Waals surface area (Å²) in [6.07, 6.45) is -1.43. The molecule has 4 atom stereocenters. The second kappa shape index (κ2) is 12.5. The maximum Gasteiger partial charge on any atom is 0.419 e. The van der Waals surface area contributed by atoms with Gasteiger partial charge in [-0.05, 0) is 73.6 Å². The third kappa shape index (κ3) is 6.37. The van der Waals surface area contributed by atoms with E-state index in [4.69, 9.17) is 9.47 Å². The van der Waals surface area contributed by atoms with Crippen LogP contribution < -0.4 is 25.6 Å². The maximum atomic E-state index is 13.8. The van der Waals surface area contributed by atoms with E-state index >= 15 is 0 Å². The van der Waals surface area contributed by atoms with Gasteiger partial charge in [-0.25, -0.2) is 14.4 Å². The van der Waals surface area contributed by atoms with E-state index in [-0.39, 0.29) is 34.8 Å². The number of carbonyl (C=O) groups is 2. The van der Waals surface area contributed by atoms with Crippen LogP contribution in [-0.2, 0) is 15.7 Å². The predicted octanol–water partition coefficient (Wildman–Crippen LogP) is 5.01. The van der Waals surface area contributed by atoms with Gasteiger partial charge in [0.2, 0.25) is 11.8 Å². The summed E-state index contributed by atoms with van der Waals surface area (Å²) in [4.78, 5) is 37.9. The molecule has 2 aromatic carbocycles. The number of anilines is 4. The summed E-state index contributed by atoms with van der Waals surface area (Å²) in [6, 6.07) is 9.40. The van der Waals surface area contributed by atoms with E-state index in [9.17, 15) is 27.2 Å². The molecule has 0 unspecified atom stereocenters. The van der Waals surface area contributed by atoms with Crippen LogP contribution in [0, 0.1) is 23.6 Å². The summed E-state index contributed by atoms with van der Waals surface area (Å²) in [7, 11) is 1.38. The molecule has 0 spiro atoms. The molecule has 0 radical (unpaired) electrons. The smallest absolute Gasteiger partial charge is 0.419 e. The van der Waals surface area contributed by atoms with Crippen molar-refractivity contribution < 1.29 is 36.6 Å². The Bertz CT molecular complexity index is 1560. The molecule has 1 aromatic heterocycles. The summed E-state index contributed by atoms with van der Waals surface area (Å²) >= 11 is 0. The van der Waals surface area contributed by atoms with E-state index in [0.717, 1.165) is 37.7 Å². The number of hydrogen-bond donors (Lipinski definition) is 3. The highest BCUT2D eigenvalue weighted by Gasteiger charge is 2.51. The molecule has 3 aliphatic rings. The molecule has 14 heteroatoms. The van der Waals surface area contributed by atoms with Gasteiger partial charge in [0, 0.05) is 36.2 Å². The molecule has 45 heavy (non-hydrogen) atoms. The number of hydrogen-bond acceptors (Lipinski definition) is 8. The fourth-order valence-corrected chi connectivity index (χ4v) is 6.68. The molecular formula is C31H32F4N6O4. The third-order valence-electron chi connectivity index (χ3n) is 8.80. The SMILES string of the molecule is COc1ncnc(Nc2ccc(N3CCOCC3)cc2)c1C(=O)N[C@@H]1[C@H]2CC[C@H](C2)[C@@H]1C(=O)Nc1ccc(F)c(C(F)(F)F)c1. The van der Waals surface area contributed by atoms with Crippen LogP contribution in [0.4, 0.5) is 40.4 Å². The molecule has 238 valence electrons. The van der Waals surface area contributed by atoms with E-state index in [0.29, 0.717) is 37.5 Å². The van der Waals surface area contributed by atoms with Crippen LogP contribution in [0.15, 0.2) is 48.8 Å². The first-order chi connectivity index (χ1) is 21.6. The first-order valence-electron chi connectivity index (χ1n) is 14.7. The Kier molecular flexibility index (Phi) is 8.49. The Morgan fingerprint density at radius 1 is 1.00 bits per heavy atom. The van der Waals surface area contributed by atoms with Gasteiger partial charge in [-0.1, -0.05) is 0 Å². The number of amides is 2. The average Bonchev–Trinajstić information content (AvgIpc) is 3.64. The summed E-state index contributed by atoms with van der Waals surface area (Å²) in [5, 5.41) is 8.67. The number of nitrogens with one attached hydrogen (secondary N) is 3. The van der Waals surface area contributed by atoms with Crippen LogP contribution in [0.25, 0.3) is 0 Å². The van der Waals surface area contributed by atoms with E-state index in [1.165, 1.54) is 13.4 Å². The number of benzene rings is 2. The highest BCUT2D eigenvalue weighted by atomic mass is 19.4. The molecule has 3 N–H and O–H groups in total. The second-order valence-corrected chi connectivity index (χ2v) is 11.4. The summed E-state index contributed by atoms with van der Waals surface area (Å²) < 4.78 is 64.4. The van der Waals surface area contributed by atoms with Gasteiger partial charge in [-0.2, -0.15) is 13.2 Å². The molecule has 2 saturated carbocycles. The number of nitrogens with zero attached hydrogens (tertiary/aromatic N) is 3. The molecule has 1 aliphatic heterocycles. The number of aromatic nitrogens is 2. The number of morpholine rings is 1. The monoisotopic (exact) mass is 628 g/mol. The molecule has 2 amide bonds. The van der Waals surface area contributed by atoms with Crippen LogP contribution in [0.1, 0.15) is 35.2 Å². The van der Waals surface area contributed by atoms with Crippen molar-refractivity contribution in [1.82, 2.24) is 15.3 Å². The van der Waals surface area contributed by atoms with Crippen LogP contribution in [-0.4, -0.2) is 61.2 Å². The Morgan fingerprint density at radius 2 is 1.71 bits per heavy atom. The lowest BCUT2D eigenvalue weighted by molar-refractivity contribution is -0.140. The van der Waals surface area contributed by atoms with E-state index in [1.54, 1.807) is 0 Å². The summed E-state index contributed by atoms with van der Waals surface area (Å²) in [5.41, 5.74) is 0.123. The highest BCUT2D eigenvalue weighted by Crippen LogP contribution is 2.49. The Labute approximate surface area is 256 Å². The summed E-state index contributed by atoms with van der Waals surface area (Å²) in [5.74, 6) is -3.07. The lowest BCUT2D eigenvalue weighted by Crippen LogP contribution is -2.48. The average molecular weight is 629 g/mol. The molecule has 2 heterocycles. The second-order valence-electron chi connectivity index (χ2n) is 11.4. The van der Waals surface area contributed by atoms with Crippen molar-refractivity contribution in [2.45, 2.75) is 31.5 Å². The van der Waals surface area contributed by atoms with Gasteiger partial charge in [0.1, 0.15) is 17.7 Å². The summed E-state index contributed by atoms with van der Waals surface area (Å²) in [6.45, 7) is 2.91. The van der Waals surface area contributed by atoms with Crippen molar-refractivity contribution >= 4 is 34.7 Å². The fourth-order valence-electron chi connectivity index (χ4n) is 6.68. The topological polar surface area (TPSA) is 118 Å². The van der Waals surface area contributed by atoms with Crippen molar-refractivity contribution in [2.75, 3.05) is 48.9 Å². The zero-order chi connectivity index (χ0) is 31.7. The Balaban J connectivity index is 1.20. The number of halogens is 4. The number of methoxy groups -OCH3 is 1. The van der Waals surface area contributed by atoms with Gasteiger partial charge in [-0.15, -0.1) is 0 Å². The highest BCUT2D eigenvalue weighted by molar-refractivity contribution is 6.02. The van der Waals surface area contributed by atoms with Crippen molar-refractivity contribution in [3.05, 3.63) is 65.7 Å². The fraction of sp³-hybridized carbons (Fsp3) is 0.419. The van der Waals surface area contributed by atoms with Gasteiger partial charge in [-0.3, -0.25) is 9.59 Å². The molecule has 2 bridgehead atoms. The van der Waals surface area contributed by atoms with Gasteiger partial charge < -0.3 is 30.3 Å². The molecule has 1 saturated heterocycles. The standard InChI is InChI=1S/C31H32F4N6O4/c1-44-30-25(27(36-16-37-30)38-19-4-7-21(8-5-19)41-10-12-45-13-11-41)29(43)40-26-18-3-2-17(14-18)24(26)28(42)39-20-6-9-23(32)22(15-20)31(33,34)35/h4-9,15-18,24,26H,2-3,10-14H2,1H3,(H,39,42)(H,40,43)(H,36,37,38)/t17-,18+,24+,26-/m1/s1. The van der Waals surface area contributed by atoms with E-state index in [2.05, 4.69) is 30.8 Å². The molecule has 6 rings (SSSR count). The Morgan fingerprint density at radius 3 is 2.42 bits per heavy atom.